The van der Waals surface area contributed by atoms with Gasteiger partial charge in [-0.05, 0) is 30.3 Å². The minimum atomic E-state index is 0.752. The van der Waals surface area contributed by atoms with Gasteiger partial charge in [0.2, 0.25) is 0 Å². The van der Waals surface area contributed by atoms with Crippen LogP contribution in [0.4, 0.5) is 5.69 Å². The van der Waals surface area contributed by atoms with Gasteiger partial charge in [-0.15, -0.1) is 0 Å². The third-order valence-corrected chi connectivity index (χ3v) is 3.18. The van der Waals surface area contributed by atoms with E-state index < -0.39 is 0 Å². The Morgan fingerprint density at radius 2 is 1.82 bits per heavy atom. The molecule has 3 nitrogen and oxygen atoms in total. The van der Waals surface area contributed by atoms with E-state index in [9.17, 15) is 0 Å². The quantitative estimate of drug-likeness (QED) is 0.511. The molecular formula is C12H12ClN3S. The van der Waals surface area contributed by atoms with Crippen molar-refractivity contribution < 1.29 is 0 Å². The van der Waals surface area contributed by atoms with Crippen LogP contribution >= 0.6 is 23.4 Å². The lowest BCUT2D eigenvalue weighted by molar-refractivity contribution is 0.966. The van der Waals surface area contributed by atoms with E-state index in [1.807, 2.05) is 30.3 Å². The van der Waals surface area contributed by atoms with Crippen LogP contribution in [0.15, 0.2) is 47.9 Å². The molecule has 0 amide bonds. The molecule has 0 fully saturated rings. The predicted octanol–water partition coefficient (Wildman–Crippen LogP) is 3.33. The number of benzene rings is 1. The second kappa shape index (κ2) is 6.47. The van der Waals surface area contributed by atoms with Crippen LogP contribution in [-0.2, 0) is 0 Å². The number of nitrogens with one attached hydrogen (secondary N) is 1. The molecule has 0 unspecified atom stereocenters. The van der Waals surface area contributed by atoms with Gasteiger partial charge in [-0.25, -0.2) is 9.97 Å². The first-order chi connectivity index (χ1) is 8.34. The Kier molecular flexibility index (Phi) is 4.64. The molecule has 88 valence electrons. The lowest BCUT2D eigenvalue weighted by atomic mass is 10.3. The molecule has 2 rings (SSSR count). The third-order valence-electron chi connectivity index (χ3n) is 2.05. The molecule has 0 saturated carbocycles. The number of hydrogen-bond donors (Lipinski definition) is 1. The monoisotopic (exact) mass is 265 g/mol. The summed E-state index contributed by atoms with van der Waals surface area (Å²) in [4.78, 5) is 8.28. The van der Waals surface area contributed by atoms with Crippen molar-refractivity contribution in [2.75, 3.05) is 17.6 Å². The normalized spacial score (nSPS) is 10.2. The minimum Gasteiger partial charge on any atom is -0.384 e. The number of thioether (sulfide) groups is 1. The van der Waals surface area contributed by atoms with Crippen molar-refractivity contribution in [1.29, 1.82) is 0 Å². The number of hydrogen-bond acceptors (Lipinski definition) is 4. The van der Waals surface area contributed by atoms with Crippen LogP contribution in [0.2, 0.25) is 5.02 Å². The Balaban J connectivity index is 1.71. The predicted molar refractivity (Wildman–Crippen MR) is 72.7 cm³/mol. The minimum absolute atomic E-state index is 0.752. The van der Waals surface area contributed by atoms with E-state index in [1.165, 1.54) is 0 Å². The highest BCUT2D eigenvalue weighted by atomic mass is 35.5. The van der Waals surface area contributed by atoms with E-state index >= 15 is 0 Å². The molecule has 1 N–H and O–H groups in total. The number of aromatic nitrogens is 2. The maximum atomic E-state index is 5.80. The largest absolute Gasteiger partial charge is 0.384 e. The van der Waals surface area contributed by atoms with Gasteiger partial charge >= 0.3 is 0 Å². The summed E-state index contributed by atoms with van der Waals surface area (Å²) in [5.74, 6) is 0.923. The topological polar surface area (TPSA) is 37.8 Å². The molecule has 1 aromatic carbocycles. The summed E-state index contributed by atoms with van der Waals surface area (Å²) in [7, 11) is 0. The Morgan fingerprint density at radius 1 is 1.12 bits per heavy atom. The molecule has 0 saturated heterocycles. The van der Waals surface area contributed by atoms with E-state index in [2.05, 4.69) is 15.3 Å². The Bertz CT molecular complexity index is 447. The van der Waals surface area contributed by atoms with Crippen LogP contribution in [0.5, 0.6) is 0 Å². The Hall–Kier alpha value is -1.26. The molecular weight excluding hydrogens is 254 g/mol. The number of nitrogens with zero attached hydrogens (tertiary/aromatic N) is 2. The van der Waals surface area contributed by atoms with E-state index in [-0.39, 0.29) is 0 Å². The van der Waals surface area contributed by atoms with Gasteiger partial charge in [0.15, 0.2) is 5.16 Å². The summed E-state index contributed by atoms with van der Waals surface area (Å²) >= 11 is 7.44. The third kappa shape index (κ3) is 4.24. The molecule has 17 heavy (non-hydrogen) atoms. The molecule has 0 atom stereocenters. The van der Waals surface area contributed by atoms with Crippen molar-refractivity contribution in [1.82, 2.24) is 9.97 Å². The molecule has 0 radical (unpaired) electrons. The highest BCUT2D eigenvalue weighted by molar-refractivity contribution is 7.99. The SMILES string of the molecule is Clc1ccc(NCCSc2ncccn2)cc1. The zero-order valence-corrected chi connectivity index (χ0v) is 10.7. The van der Waals surface area contributed by atoms with Crippen molar-refractivity contribution in [3.05, 3.63) is 47.7 Å². The fourth-order valence-electron chi connectivity index (χ4n) is 1.27. The van der Waals surface area contributed by atoms with Gasteiger partial charge in [-0.1, -0.05) is 23.4 Å². The molecule has 1 aromatic heterocycles. The first kappa shape index (κ1) is 12.2. The van der Waals surface area contributed by atoms with Gasteiger partial charge in [-0.3, -0.25) is 0 Å². The molecule has 5 heteroatoms. The maximum absolute atomic E-state index is 5.80. The van der Waals surface area contributed by atoms with Gasteiger partial charge in [0.05, 0.1) is 0 Å². The first-order valence-corrected chi connectivity index (χ1v) is 6.60. The lowest BCUT2D eigenvalue weighted by Crippen LogP contribution is -2.04. The maximum Gasteiger partial charge on any atom is 0.187 e. The number of rotatable bonds is 5. The van der Waals surface area contributed by atoms with E-state index in [4.69, 9.17) is 11.6 Å². The van der Waals surface area contributed by atoms with E-state index in [0.29, 0.717) is 0 Å². The Labute approximate surface area is 110 Å². The van der Waals surface area contributed by atoms with Gasteiger partial charge in [0, 0.05) is 35.4 Å². The second-order valence-electron chi connectivity index (χ2n) is 3.31. The van der Waals surface area contributed by atoms with Crippen LogP contribution in [0.25, 0.3) is 0 Å². The van der Waals surface area contributed by atoms with Gasteiger partial charge in [0.25, 0.3) is 0 Å². The fourth-order valence-corrected chi connectivity index (χ4v) is 2.05. The van der Waals surface area contributed by atoms with Gasteiger partial charge < -0.3 is 5.32 Å². The molecule has 0 aliphatic heterocycles. The van der Waals surface area contributed by atoms with Crippen LogP contribution in [0.1, 0.15) is 0 Å². The molecule has 0 aliphatic rings. The van der Waals surface area contributed by atoms with Crippen molar-refractivity contribution >= 4 is 29.1 Å². The number of anilines is 1. The average molecular weight is 266 g/mol. The van der Waals surface area contributed by atoms with Crippen molar-refractivity contribution in [3.63, 3.8) is 0 Å². The molecule has 0 bridgehead atoms. The first-order valence-electron chi connectivity index (χ1n) is 5.24. The highest BCUT2D eigenvalue weighted by Gasteiger charge is 1.96. The average Bonchev–Trinajstić information content (AvgIpc) is 2.38. The van der Waals surface area contributed by atoms with Crippen LogP contribution in [0, 0.1) is 0 Å². The van der Waals surface area contributed by atoms with Crippen molar-refractivity contribution in [2.45, 2.75) is 5.16 Å². The lowest BCUT2D eigenvalue weighted by Gasteiger charge is -2.05. The van der Waals surface area contributed by atoms with E-state index in [1.54, 1.807) is 24.2 Å². The molecule has 1 heterocycles. The van der Waals surface area contributed by atoms with Crippen LogP contribution in [0.3, 0.4) is 0 Å². The summed E-state index contributed by atoms with van der Waals surface area (Å²) in [5, 5.41) is 4.87. The highest BCUT2D eigenvalue weighted by Crippen LogP contribution is 2.14. The van der Waals surface area contributed by atoms with Crippen LogP contribution < -0.4 is 5.32 Å². The standard InChI is InChI=1S/C12H12ClN3S/c13-10-2-4-11(5-3-10)14-8-9-17-12-15-6-1-7-16-12/h1-7,14H,8-9H2. The summed E-state index contributed by atoms with van der Waals surface area (Å²) in [6.07, 6.45) is 3.50. The number of halogens is 1. The molecule has 0 aliphatic carbocycles. The zero-order valence-electron chi connectivity index (χ0n) is 9.14. The molecule has 0 spiro atoms. The summed E-state index contributed by atoms with van der Waals surface area (Å²) in [6, 6.07) is 9.49. The van der Waals surface area contributed by atoms with Crippen molar-refractivity contribution in [3.8, 4) is 0 Å². The Morgan fingerprint density at radius 3 is 2.53 bits per heavy atom. The van der Waals surface area contributed by atoms with Crippen LogP contribution in [-0.4, -0.2) is 22.3 Å². The smallest absolute Gasteiger partial charge is 0.187 e. The van der Waals surface area contributed by atoms with Gasteiger partial charge in [0.1, 0.15) is 0 Å². The van der Waals surface area contributed by atoms with Crippen molar-refractivity contribution in [2.24, 2.45) is 0 Å². The summed E-state index contributed by atoms with van der Waals surface area (Å²) < 4.78 is 0. The summed E-state index contributed by atoms with van der Waals surface area (Å²) in [5.41, 5.74) is 1.07. The van der Waals surface area contributed by atoms with Gasteiger partial charge in [-0.2, -0.15) is 0 Å². The summed E-state index contributed by atoms with van der Waals surface area (Å²) in [6.45, 7) is 0.866. The van der Waals surface area contributed by atoms with E-state index in [0.717, 1.165) is 28.2 Å². The fraction of sp³-hybridized carbons (Fsp3) is 0.167. The second-order valence-corrected chi connectivity index (χ2v) is 4.81. The molecule has 2 aromatic rings. The zero-order chi connectivity index (χ0) is 11.9.